The third kappa shape index (κ3) is 2.79. The van der Waals surface area contributed by atoms with E-state index in [0.717, 1.165) is 24.0 Å². The van der Waals surface area contributed by atoms with Crippen LogP contribution < -0.4 is 0 Å². The first-order valence-electron chi connectivity index (χ1n) is 5.14. The zero-order valence-electron chi connectivity index (χ0n) is 8.96. The van der Waals surface area contributed by atoms with Gasteiger partial charge < -0.3 is 0 Å². The predicted octanol–water partition coefficient (Wildman–Crippen LogP) is 3.40. The Morgan fingerprint density at radius 3 is 2.80 bits per heavy atom. The summed E-state index contributed by atoms with van der Waals surface area (Å²) in [6.45, 7) is 5.36. The van der Waals surface area contributed by atoms with Gasteiger partial charge in [-0.3, -0.25) is 4.39 Å². The van der Waals surface area contributed by atoms with E-state index >= 15 is 0 Å². The second-order valence-corrected chi connectivity index (χ2v) is 3.63. The average molecular weight is 204 g/mol. The van der Waals surface area contributed by atoms with Crippen molar-refractivity contribution in [2.45, 2.75) is 25.7 Å². The molecule has 0 saturated heterocycles. The maximum atomic E-state index is 12.6. The van der Waals surface area contributed by atoms with E-state index in [9.17, 15) is 4.39 Å². The summed E-state index contributed by atoms with van der Waals surface area (Å²) in [6, 6.07) is 7.50. The van der Waals surface area contributed by atoms with E-state index < -0.39 is 6.67 Å². The van der Waals surface area contributed by atoms with Gasteiger partial charge in [-0.2, -0.15) is 5.26 Å². The quantitative estimate of drug-likeness (QED) is 0.737. The van der Waals surface area contributed by atoms with Crippen molar-refractivity contribution in [1.82, 2.24) is 0 Å². The maximum absolute atomic E-state index is 12.6. The highest BCUT2D eigenvalue weighted by molar-refractivity contribution is 5.40. The minimum atomic E-state index is -0.481. The van der Waals surface area contributed by atoms with Gasteiger partial charge in [-0.05, 0) is 36.6 Å². The molecule has 0 aromatic heterocycles. The van der Waals surface area contributed by atoms with Crippen LogP contribution >= 0.6 is 0 Å². The van der Waals surface area contributed by atoms with Gasteiger partial charge in [0.05, 0.1) is 18.3 Å². The summed E-state index contributed by atoms with van der Waals surface area (Å²) in [4.78, 5) is 0. The topological polar surface area (TPSA) is 23.8 Å². The van der Waals surface area contributed by atoms with Crippen LogP contribution in [-0.2, 0) is 6.42 Å². The summed E-state index contributed by atoms with van der Waals surface area (Å²) < 4.78 is 12.6. The minimum absolute atomic E-state index is 0.361. The van der Waals surface area contributed by atoms with Crippen LogP contribution in [0.4, 0.5) is 4.39 Å². The van der Waals surface area contributed by atoms with Crippen molar-refractivity contribution in [3.05, 3.63) is 41.8 Å². The summed E-state index contributed by atoms with van der Waals surface area (Å²) in [5.41, 5.74) is 2.56. The molecule has 1 nitrogen and oxygen atoms in total. The van der Waals surface area contributed by atoms with Gasteiger partial charge in [0, 0.05) is 5.92 Å². The molecule has 79 valence electrons. The van der Waals surface area contributed by atoms with Crippen LogP contribution in [0.3, 0.4) is 0 Å². The fourth-order valence-electron chi connectivity index (χ4n) is 1.62. The molecule has 2 heteroatoms. The summed E-state index contributed by atoms with van der Waals surface area (Å²) in [7, 11) is 0. The lowest BCUT2D eigenvalue weighted by Crippen LogP contribution is -2.02. The normalized spacial score (nSPS) is 12.1. The van der Waals surface area contributed by atoms with Crippen LogP contribution in [0.2, 0.25) is 0 Å². The third-order valence-corrected chi connectivity index (χ3v) is 2.42. The van der Waals surface area contributed by atoms with Crippen molar-refractivity contribution in [3.8, 4) is 6.07 Å². The Morgan fingerprint density at radius 2 is 2.27 bits per heavy atom. The van der Waals surface area contributed by atoms with Gasteiger partial charge >= 0.3 is 0 Å². The fourth-order valence-corrected chi connectivity index (χ4v) is 1.62. The second kappa shape index (κ2) is 5.50. The molecule has 0 N–H and O–H groups in total. The van der Waals surface area contributed by atoms with E-state index in [0.29, 0.717) is 5.56 Å². The largest absolute Gasteiger partial charge is 0.250 e. The molecule has 1 unspecified atom stereocenters. The molecule has 1 atom stereocenters. The highest BCUT2D eigenvalue weighted by Crippen LogP contribution is 2.22. The Labute approximate surface area is 90.5 Å². The highest BCUT2D eigenvalue weighted by Gasteiger charge is 2.10. The van der Waals surface area contributed by atoms with E-state index in [1.165, 1.54) is 0 Å². The minimum Gasteiger partial charge on any atom is -0.250 e. The molecule has 15 heavy (non-hydrogen) atoms. The monoisotopic (exact) mass is 204 g/mol. The molecule has 0 aliphatic heterocycles. The average Bonchev–Trinajstić information content (AvgIpc) is 2.29. The summed E-state index contributed by atoms with van der Waals surface area (Å²) in [6.07, 6.45) is 1.92. The van der Waals surface area contributed by atoms with Crippen molar-refractivity contribution >= 4 is 0 Å². The van der Waals surface area contributed by atoms with Crippen LogP contribution in [0.15, 0.2) is 18.2 Å². The molecule has 1 aromatic rings. The van der Waals surface area contributed by atoms with E-state index in [1.54, 1.807) is 12.1 Å². The number of nitrogens with zero attached hydrogens (tertiary/aromatic N) is 1. The molecule has 0 aliphatic carbocycles. The first kappa shape index (κ1) is 11.7. The highest BCUT2D eigenvalue weighted by atomic mass is 19.1. The van der Waals surface area contributed by atoms with Crippen LogP contribution in [0, 0.1) is 18.3 Å². The number of rotatable bonds is 4. The smallest absolute Gasteiger partial charge is 0.0991 e. The van der Waals surface area contributed by atoms with E-state index in [2.05, 4.69) is 19.9 Å². The summed E-state index contributed by atoms with van der Waals surface area (Å²) in [5, 5.41) is 8.77. The Bertz CT molecular complexity index is 365. The van der Waals surface area contributed by atoms with Gasteiger partial charge in [0.2, 0.25) is 0 Å². The number of alkyl halides is 1. The lowest BCUT2D eigenvalue weighted by atomic mass is 9.92. The Morgan fingerprint density at radius 1 is 1.53 bits per heavy atom. The molecule has 1 rings (SSSR count). The molecule has 0 saturated carbocycles. The molecule has 0 bridgehead atoms. The van der Waals surface area contributed by atoms with Crippen LogP contribution in [0.1, 0.15) is 36.0 Å². The molecular weight excluding hydrogens is 189 g/mol. The molecule has 0 aliphatic rings. The van der Waals surface area contributed by atoms with Crippen molar-refractivity contribution in [3.63, 3.8) is 0 Å². The number of hydrogen-bond acceptors (Lipinski definition) is 1. The predicted molar refractivity (Wildman–Crippen MR) is 59.2 cm³/mol. The Balaban J connectivity index is 3.11. The Kier molecular flexibility index (Phi) is 4.30. The standard InChI is InChI=1S/C13H15FN/c1-3-4-12-6-5-11(9-15)7-13(12)10(2)8-14/h5-7,10H,2-4,8H2,1H3. The number of hydrogen-bond donors (Lipinski definition) is 0. The second-order valence-electron chi connectivity index (χ2n) is 3.63. The summed E-state index contributed by atoms with van der Waals surface area (Å²) in [5.74, 6) is -0.361. The van der Waals surface area contributed by atoms with E-state index in [1.807, 2.05) is 6.07 Å². The molecule has 0 fully saturated rings. The van der Waals surface area contributed by atoms with Gasteiger partial charge in [0.1, 0.15) is 0 Å². The van der Waals surface area contributed by atoms with Crippen LogP contribution in [0.25, 0.3) is 0 Å². The van der Waals surface area contributed by atoms with Gasteiger partial charge in [0.15, 0.2) is 0 Å². The third-order valence-electron chi connectivity index (χ3n) is 2.42. The SMILES string of the molecule is [CH2]C(CF)c1cc(C#N)ccc1CCC. The lowest BCUT2D eigenvalue weighted by molar-refractivity contribution is 0.464. The maximum Gasteiger partial charge on any atom is 0.0991 e. The van der Waals surface area contributed by atoms with E-state index in [-0.39, 0.29) is 5.92 Å². The van der Waals surface area contributed by atoms with Gasteiger partial charge in [-0.15, -0.1) is 0 Å². The lowest BCUT2D eigenvalue weighted by Gasteiger charge is -2.13. The summed E-state index contributed by atoms with van der Waals surface area (Å²) >= 11 is 0. The van der Waals surface area contributed by atoms with Crippen molar-refractivity contribution in [2.24, 2.45) is 0 Å². The van der Waals surface area contributed by atoms with Crippen molar-refractivity contribution in [1.29, 1.82) is 5.26 Å². The molecular formula is C13H15FN. The molecule has 0 spiro atoms. The molecule has 0 heterocycles. The van der Waals surface area contributed by atoms with Crippen molar-refractivity contribution in [2.75, 3.05) is 6.67 Å². The first-order valence-corrected chi connectivity index (χ1v) is 5.14. The van der Waals surface area contributed by atoms with Crippen molar-refractivity contribution < 1.29 is 4.39 Å². The molecule has 1 aromatic carbocycles. The number of nitriles is 1. The van der Waals surface area contributed by atoms with Gasteiger partial charge in [-0.25, -0.2) is 0 Å². The zero-order chi connectivity index (χ0) is 11.3. The van der Waals surface area contributed by atoms with E-state index in [4.69, 9.17) is 5.26 Å². The van der Waals surface area contributed by atoms with Gasteiger partial charge in [0.25, 0.3) is 0 Å². The van der Waals surface area contributed by atoms with Crippen LogP contribution in [-0.4, -0.2) is 6.67 Å². The number of halogens is 1. The molecule has 0 amide bonds. The zero-order valence-corrected chi connectivity index (χ0v) is 8.96. The van der Waals surface area contributed by atoms with Crippen LogP contribution in [0.5, 0.6) is 0 Å². The first-order chi connectivity index (χ1) is 7.22. The number of benzene rings is 1. The molecule has 1 radical (unpaired) electrons. The fraction of sp³-hybridized carbons (Fsp3) is 0.385. The van der Waals surface area contributed by atoms with Gasteiger partial charge in [-0.1, -0.05) is 19.4 Å². The Hall–Kier alpha value is -1.36. The number of aryl methyl sites for hydroxylation is 1.